The van der Waals surface area contributed by atoms with Crippen LogP contribution in [-0.2, 0) is 9.53 Å². The fourth-order valence-electron chi connectivity index (χ4n) is 4.08. The van der Waals surface area contributed by atoms with Crippen LogP contribution >= 0.6 is 33.9 Å². The molecule has 200 valence electrons. The number of carbonyl (C=O) groups excluding carboxylic acids is 1. The minimum atomic E-state index is -4.50. The number of hydrogen-bond donors (Lipinski definition) is 0. The van der Waals surface area contributed by atoms with E-state index >= 15 is 0 Å². The number of alkyl halides is 3. The first-order valence-corrected chi connectivity index (χ1v) is 13.2. The molecule has 1 aromatic heterocycles. The molecule has 2 heterocycles. The van der Waals surface area contributed by atoms with Crippen LogP contribution in [0.5, 0.6) is 11.5 Å². The number of hydrogen-bond acceptors (Lipinski definition) is 7. The van der Waals surface area contributed by atoms with Crippen molar-refractivity contribution in [2.24, 2.45) is 4.99 Å². The fraction of sp³-hybridized carbons (Fsp3) is 0.269. The van der Waals surface area contributed by atoms with E-state index in [1.165, 1.54) is 24.9 Å². The van der Waals surface area contributed by atoms with Crippen molar-refractivity contribution in [3.05, 3.63) is 88.1 Å². The molecule has 12 heteroatoms. The Morgan fingerprint density at radius 3 is 2.53 bits per heavy atom. The van der Waals surface area contributed by atoms with Gasteiger partial charge in [0.2, 0.25) is 0 Å². The maximum atomic E-state index is 13.7. The molecular formula is C26H22F3IN2O5S. The molecule has 3 aromatic rings. The molecule has 1 aliphatic heterocycles. The van der Waals surface area contributed by atoms with Crippen molar-refractivity contribution in [2.45, 2.75) is 25.6 Å². The predicted molar refractivity (Wildman–Crippen MR) is 144 cm³/mol. The van der Waals surface area contributed by atoms with E-state index in [0.29, 0.717) is 36.2 Å². The second-order valence-electron chi connectivity index (χ2n) is 8.14. The molecule has 0 N–H and O–H groups in total. The zero-order valence-electron chi connectivity index (χ0n) is 20.5. The van der Waals surface area contributed by atoms with E-state index in [1.54, 1.807) is 12.1 Å². The van der Waals surface area contributed by atoms with E-state index in [9.17, 15) is 22.8 Å². The normalized spacial score (nSPS) is 15.7. The molecule has 7 nitrogen and oxygen atoms in total. The van der Waals surface area contributed by atoms with Crippen LogP contribution in [0.4, 0.5) is 13.2 Å². The van der Waals surface area contributed by atoms with E-state index in [-0.39, 0.29) is 17.1 Å². The lowest BCUT2D eigenvalue weighted by Crippen LogP contribution is -2.40. The maximum Gasteiger partial charge on any atom is 0.422 e. The molecule has 1 aliphatic rings. The molecule has 2 aromatic carbocycles. The summed E-state index contributed by atoms with van der Waals surface area (Å²) in [4.78, 5) is 31.6. The van der Waals surface area contributed by atoms with Crippen LogP contribution in [-0.4, -0.2) is 37.5 Å². The number of ether oxygens (including phenoxy) is 3. The number of allylic oxidation sites excluding steroid dienone is 1. The maximum absolute atomic E-state index is 13.7. The van der Waals surface area contributed by atoms with Crippen LogP contribution in [0.25, 0.3) is 6.08 Å². The summed E-state index contributed by atoms with van der Waals surface area (Å²) in [5.41, 5.74) is 1.70. The topological polar surface area (TPSA) is 79.1 Å². The third-order valence-corrected chi connectivity index (χ3v) is 7.48. The van der Waals surface area contributed by atoms with Gasteiger partial charge in [-0.2, -0.15) is 13.2 Å². The lowest BCUT2D eigenvalue weighted by atomic mass is 9.95. The number of benzene rings is 2. The minimum Gasteiger partial charge on any atom is -0.493 e. The van der Waals surface area contributed by atoms with Crippen LogP contribution in [0.2, 0.25) is 0 Å². The van der Waals surface area contributed by atoms with Gasteiger partial charge in [-0.1, -0.05) is 48.6 Å². The summed E-state index contributed by atoms with van der Waals surface area (Å²) in [6.07, 6.45) is -2.44. The molecule has 38 heavy (non-hydrogen) atoms. The van der Waals surface area contributed by atoms with Gasteiger partial charge >= 0.3 is 12.1 Å². The smallest absolute Gasteiger partial charge is 0.422 e. The fourth-order valence-corrected chi connectivity index (χ4v) is 5.88. The Morgan fingerprint density at radius 2 is 1.92 bits per heavy atom. The highest BCUT2D eigenvalue weighted by molar-refractivity contribution is 14.1. The summed E-state index contributed by atoms with van der Waals surface area (Å²) in [6.45, 7) is 0.411. The highest BCUT2D eigenvalue weighted by atomic mass is 127. The molecule has 4 rings (SSSR count). The van der Waals surface area contributed by atoms with Gasteiger partial charge in [-0.25, -0.2) is 9.79 Å². The largest absolute Gasteiger partial charge is 0.493 e. The number of rotatable bonds is 7. The Labute approximate surface area is 233 Å². The number of halogens is 4. The van der Waals surface area contributed by atoms with Gasteiger partial charge in [-0.15, -0.1) is 0 Å². The molecule has 0 saturated heterocycles. The monoisotopic (exact) mass is 658 g/mol. The van der Waals surface area contributed by atoms with E-state index in [2.05, 4.69) is 4.99 Å². The number of thiazole rings is 1. The third-order valence-electron chi connectivity index (χ3n) is 5.70. The van der Waals surface area contributed by atoms with E-state index in [0.717, 1.165) is 16.9 Å². The Morgan fingerprint density at radius 1 is 1.21 bits per heavy atom. The van der Waals surface area contributed by atoms with Gasteiger partial charge in [0.15, 0.2) is 22.9 Å². The first-order valence-electron chi connectivity index (χ1n) is 11.3. The summed E-state index contributed by atoms with van der Waals surface area (Å²) in [5.74, 6) is -0.505. The number of fused-ring (bicyclic) bond motifs is 1. The summed E-state index contributed by atoms with van der Waals surface area (Å²) in [5, 5.41) is 0. The molecule has 0 unspecified atom stereocenters. The number of aromatic nitrogens is 1. The molecule has 0 aliphatic carbocycles. The average Bonchev–Trinajstić information content (AvgIpc) is 3.20. The number of nitrogens with zero attached hydrogens (tertiary/aromatic N) is 2. The van der Waals surface area contributed by atoms with Crippen LogP contribution in [0.15, 0.2) is 63.5 Å². The van der Waals surface area contributed by atoms with Crippen molar-refractivity contribution in [3.63, 3.8) is 0 Å². The van der Waals surface area contributed by atoms with Crippen molar-refractivity contribution in [1.29, 1.82) is 0 Å². The Bertz CT molecular complexity index is 1580. The summed E-state index contributed by atoms with van der Waals surface area (Å²) in [6, 6.07) is 11.5. The minimum absolute atomic E-state index is 0.0385. The van der Waals surface area contributed by atoms with Gasteiger partial charge in [0, 0.05) is 0 Å². The van der Waals surface area contributed by atoms with Gasteiger partial charge in [-0.05, 0) is 58.3 Å². The van der Waals surface area contributed by atoms with Gasteiger partial charge in [-0.3, -0.25) is 9.36 Å². The molecule has 0 fully saturated rings. The molecule has 0 saturated carbocycles. The van der Waals surface area contributed by atoms with Gasteiger partial charge in [0.1, 0.15) is 0 Å². The van der Waals surface area contributed by atoms with Gasteiger partial charge < -0.3 is 14.2 Å². The lowest BCUT2D eigenvalue weighted by Gasteiger charge is -2.25. The van der Waals surface area contributed by atoms with Crippen LogP contribution < -0.4 is 24.4 Å². The number of carbonyl (C=O) groups is 1. The SMILES string of the molecule is CCC1=C(C(=O)OC)[C@@H](c2ccccc2)n2c(s/c(=C\c3cc(I)c(OCC(F)(F)F)c(OC)c3)c2=O)=N1. The Balaban J connectivity index is 1.88. The average molecular weight is 658 g/mol. The van der Waals surface area contributed by atoms with Gasteiger partial charge in [0.05, 0.1) is 39.6 Å². The molecule has 0 spiro atoms. The zero-order valence-corrected chi connectivity index (χ0v) is 23.4. The second kappa shape index (κ2) is 11.3. The van der Waals surface area contributed by atoms with Crippen LogP contribution in [0, 0.1) is 3.57 Å². The molecular weight excluding hydrogens is 636 g/mol. The quantitative estimate of drug-likeness (QED) is 0.279. The lowest BCUT2D eigenvalue weighted by molar-refractivity contribution is -0.153. The van der Waals surface area contributed by atoms with Crippen molar-refractivity contribution in [2.75, 3.05) is 20.8 Å². The van der Waals surface area contributed by atoms with Crippen molar-refractivity contribution >= 4 is 46.0 Å². The number of esters is 1. The summed E-state index contributed by atoms with van der Waals surface area (Å²) < 4.78 is 55.5. The van der Waals surface area contributed by atoms with Crippen molar-refractivity contribution < 1.29 is 32.2 Å². The molecule has 0 bridgehead atoms. The third kappa shape index (κ3) is 5.65. The molecule has 0 amide bonds. The Kier molecular flexibility index (Phi) is 8.31. The van der Waals surface area contributed by atoms with Gasteiger partial charge in [0.25, 0.3) is 5.56 Å². The van der Waals surface area contributed by atoms with Crippen molar-refractivity contribution in [3.8, 4) is 11.5 Å². The first kappa shape index (κ1) is 27.9. The van der Waals surface area contributed by atoms with Crippen LogP contribution in [0.1, 0.15) is 30.5 Å². The second-order valence-corrected chi connectivity index (χ2v) is 10.3. The highest BCUT2D eigenvalue weighted by Gasteiger charge is 2.34. The highest BCUT2D eigenvalue weighted by Crippen LogP contribution is 2.35. The molecule has 0 radical (unpaired) electrons. The van der Waals surface area contributed by atoms with Crippen LogP contribution in [0.3, 0.4) is 0 Å². The summed E-state index contributed by atoms with van der Waals surface area (Å²) >= 11 is 3.01. The van der Waals surface area contributed by atoms with E-state index < -0.39 is 24.8 Å². The zero-order chi connectivity index (χ0) is 27.6. The number of methoxy groups -OCH3 is 2. The predicted octanol–water partition coefficient (Wildman–Crippen LogP) is 4.35. The standard InChI is InChI=1S/C26H22F3IN2O5S/c1-4-17-20(24(34)36-3)21(15-8-6-5-7-9-15)32-23(33)19(38-25(32)31-17)12-14-10-16(30)22(18(11-14)35-2)37-13-26(27,28)29/h5-12,21H,4,13H2,1-3H3/b19-12-/t21-/m1/s1. The van der Waals surface area contributed by atoms with E-state index in [1.807, 2.05) is 59.8 Å². The molecule has 1 atom stereocenters. The Hall–Kier alpha value is -3.13. The summed E-state index contributed by atoms with van der Waals surface area (Å²) in [7, 11) is 2.61. The van der Waals surface area contributed by atoms with Crippen molar-refractivity contribution in [1.82, 2.24) is 4.57 Å². The first-order chi connectivity index (χ1) is 18.1. The van der Waals surface area contributed by atoms with E-state index in [4.69, 9.17) is 14.2 Å².